The normalized spacial score (nSPS) is 21.2. The molecule has 1 aromatic carbocycles. The Labute approximate surface area is 143 Å². The highest BCUT2D eigenvalue weighted by atomic mass is 16.6. The van der Waals surface area contributed by atoms with E-state index in [1.165, 1.54) is 10.5 Å². The van der Waals surface area contributed by atoms with E-state index in [1.54, 1.807) is 20.8 Å². The summed E-state index contributed by atoms with van der Waals surface area (Å²) in [7, 11) is 0. The zero-order valence-electron chi connectivity index (χ0n) is 15.1. The zero-order valence-corrected chi connectivity index (χ0v) is 15.1. The number of nitrogens with zero attached hydrogens (tertiary/aromatic N) is 1. The molecule has 1 aliphatic rings. The number of hydrogen-bond donors (Lipinski definition) is 1. The SMILES string of the molecule is CC(C)c1ccc([C@H]2CN(C(=O)OC(C)(C)C)C[C@H]2C(=O)O)cc1. The Bertz CT molecular complexity index is 601. The fourth-order valence-corrected chi connectivity index (χ4v) is 3.00. The fraction of sp³-hybridized carbons (Fsp3) is 0.579. The first-order chi connectivity index (χ1) is 11.1. The molecule has 0 aromatic heterocycles. The molecule has 2 atom stereocenters. The maximum atomic E-state index is 12.3. The lowest BCUT2D eigenvalue weighted by Gasteiger charge is -2.24. The van der Waals surface area contributed by atoms with E-state index in [9.17, 15) is 14.7 Å². The van der Waals surface area contributed by atoms with Crippen LogP contribution in [-0.4, -0.2) is 40.8 Å². The van der Waals surface area contributed by atoms with E-state index in [1.807, 2.05) is 24.3 Å². The van der Waals surface area contributed by atoms with Crippen molar-refractivity contribution in [2.45, 2.75) is 52.1 Å². The summed E-state index contributed by atoms with van der Waals surface area (Å²) >= 11 is 0. The molecule has 0 bridgehead atoms. The molecule has 5 nitrogen and oxygen atoms in total. The predicted molar refractivity (Wildman–Crippen MR) is 92.2 cm³/mol. The van der Waals surface area contributed by atoms with Gasteiger partial charge in [0.25, 0.3) is 0 Å². The van der Waals surface area contributed by atoms with Crippen LogP contribution in [0.3, 0.4) is 0 Å². The van der Waals surface area contributed by atoms with Crippen LogP contribution in [0, 0.1) is 5.92 Å². The smallest absolute Gasteiger partial charge is 0.410 e. The van der Waals surface area contributed by atoms with Crippen molar-refractivity contribution in [1.82, 2.24) is 4.90 Å². The van der Waals surface area contributed by atoms with Gasteiger partial charge in [0.2, 0.25) is 0 Å². The van der Waals surface area contributed by atoms with Crippen LogP contribution in [0.1, 0.15) is 57.6 Å². The van der Waals surface area contributed by atoms with Gasteiger partial charge in [-0.1, -0.05) is 38.1 Å². The van der Waals surface area contributed by atoms with Crippen LogP contribution >= 0.6 is 0 Å². The van der Waals surface area contributed by atoms with Gasteiger partial charge in [-0.2, -0.15) is 0 Å². The summed E-state index contributed by atoms with van der Waals surface area (Å²) in [5.41, 5.74) is 1.58. The van der Waals surface area contributed by atoms with Crippen LogP contribution in [0.25, 0.3) is 0 Å². The Kier molecular flexibility index (Phi) is 5.21. The number of ether oxygens (including phenoxy) is 1. The highest BCUT2D eigenvalue weighted by Crippen LogP contribution is 2.34. The van der Waals surface area contributed by atoms with Crippen molar-refractivity contribution in [3.05, 3.63) is 35.4 Å². The molecule has 1 amide bonds. The van der Waals surface area contributed by atoms with E-state index in [4.69, 9.17) is 4.74 Å². The van der Waals surface area contributed by atoms with E-state index in [2.05, 4.69) is 13.8 Å². The lowest BCUT2D eigenvalue weighted by Crippen LogP contribution is -2.35. The second kappa shape index (κ2) is 6.83. The van der Waals surface area contributed by atoms with E-state index < -0.39 is 23.6 Å². The topological polar surface area (TPSA) is 66.8 Å². The van der Waals surface area contributed by atoms with Crippen molar-refractivity contribution in [1.29, 1.82) is 0 Å². The molecule has 1 N–H and O–H groups in total. The summed E-state index contributed by atoms with van der Waals surface area (Å²) in [6.07, 6.45) is -0.449. The molecule has 1 aromatic rings. The summed E-state index contributed by atoms with van der Waals surface area (Å²) in [5, 5.41) is 9.54. The van der Waals surface area contributed by atoms with Crippen molar-refractivity contribution in [2.24, 2.45) is 5.92 Å². The minimum absolute atomic E-state index is 0.181. The number of rotatable bonds is 3. The number of carboxylic acids is 1. The Balaban J connectivity index is 2.19. The van der Waals surface area contributed by atoms with Gasteiger partial charge in [0, 0.05) is 19.0 Å². The number of benzene rings is 1. The van der Waals surface area contributed by atoms with Crippen LogP contribution < -0.4 is 0 Å². The third-order valence-corrected chi connectivity index (χ3v) is 4.32. The first-order valence-electron chi connectivity index (χ1n) is 8.39. The average Bonchev–Trinajstić information content (AvgIpc) is 2.91. The Morgan fingerprint density at radius 2 is 1.75 bits per heavy atom. The minimum atomic E-state index is -0.876. The van der Waals surface area contributed by atoms with Gasteiger partial charge in [-0.25, -0.2) is 4.79 Å². The highest BCUT2D eigenvalue weighted by molar-refractivity contribution is 5.76. The molecule has 132 valence electrons. The highest BCUT2D eigenvalue weighted by Gasteiger charge is 2.41. The standard InChI is InChI=1S/C19H27NO4/c1-12(2)13-6-8-14(9-7-13)15-10-20(11-16(15)17(21)22)18(23)24-19(3,4)5/h6-9,12,15-16H,10-11H2,1-5H3,(H,21,22)/t15-,16-/m1/s1. The largest absolute Gasteiger partial charge is 0.481 e. The van der Waals surface area contributed by atoms with Gasteiger partial charge in [-0.05, 0) is 37.8 Å². The Hall–Kier alpha value is -2.04. The minimum Gasteiger partial charge on any atom is -0.481 e. The van der Waals surface area contributed by atoms with E-state index in [-0.39, 0.29) is 12.5 Å². The van der Waals surface area contributed by atoms with Gasteiger partial charge >= 0.3 is 12.1 Å². The molecule has 0 radical (unpaired) electrons. The van der Waals surface area contributed by atoms with Gasteiger partial charge < -0.3 is 14.7 Å². The predicted octanol–water partition coefficient (Wildman–Crippen LogP) is 3.85. The van der Waals surface area contributed by atoms with Crippen molar-refractivity contribution < 1.29 is 19.4 Å². The van der Waals surface area contributed by atoms with Gasteiger partial charge in [-0.15, -0.1) is 0 Å². The molecule has 24 heavy (non-hydrogen) atoms. The first kappa shape index (κ1) is 18.3. The second-order valence-corrected chi connectivity index (χ2v) is 7.76. The van der Waals surface area contributed by atoms with Crippen molar-refractivity contribution in [3.8, 4) is 0 Å². The van der Waals surface area contributed by atoms with Gasteiger partial charge in [0.05, 0.1) is 5.92 Å². The molecule has 0 saturated carbocycles. The van der Waals surface area contributed by atoms with Crippen LogP contribution in [-0.2, 0) is 9.53 Å². The van der Waals surface area contributed by atoms with Crippen LogP contribution in [0.15, 0.2) is 24.3 Å². The molecule has 0 spiro atoms. The van der Waals surface area contributed by atoms with E-state index in [0.717, 1.165) is 5.56 Å². The average molecular weight is 333 g/mol. The summed E-state index contributed by atoms with van der Waals surface area (Å²) in [6.45, 7) is 10.2. The lowest BCUT2D eigenvalue weighted by molar-refractivity contribution is -0.141. The fourth-order valence-electron chi connectivity index (χ4n) is 3.00. The van der Waals surface area contributed by atoms with E-state index >= 15 is 0 Å². The van der Waals surface area contributed by atoms with E-state index in [0.29, 0.717) is 12.5 Å². The third kappa shape index (κ3) is 4.28. The maximum Gasteiger partial charge on any atom is 0.410 e. The van der Waals surface area contributed by atoms with Crippen molar-refractivity contribution in [3.63, 3.8) is 0 Å². The molecular weight excluding hydrogens is 306 g/mol. The third-order valence-electron chi connectivity index (χ3n) is 4.32. The van der Waals surface area contributed by atoms with Crippen molar-refractivity contribution >= 4 is 12.1 Å². The Morgan fingerprint density at radius 3 is 2.21 bits per heavy atom. The van der Waals surface area contributed by atoms with Crippen LogP contribution in [0.2, 0.25) is 0 Å². The number of amides is 1. The summed E-state index contributed by atoms with van der Waals surface area (Å²) in [6, 6.07) is 8.03. The van der Waals surface area contributed by atoms with Gasteiger partial charge in [-0.3, -0.25) is 4.79 Å². The zero-order chi connectivity index (χ0) is 18.1. The molecule has 1 fully saturated rings. The number of hydrogen-bond acceptors (Lipinski definition) is 3. The number of carbonyl (C=O) groups is 2. The number of carboxylic acid groups (broad SMARTS) is 1. The first-order valence-corrected chi connectivity index (χ1v) is 8.39. The van der Waals surface area contributed by atoms with Gasteiger partial charge in [0.15, 0.2) is 0 Å². The molecular formula is C19H27NO4. The maximum absolute atomic E-state index is 12.3. The lowest BCUT2D eigenvalue weighted by atomic mass is 9.88. The molecule has 1 aliphatic heterocycles. The molecule has 1 saturated heterocycles. The number of carbonyl (C=O) groups excluding carboxylic acids is 1. The van der Waals surface area contributed by atoms with Gasteiger partial charge in [0.1, 0.15) is 5.60 Å². The van der Waals surface area contributed by atoms with Crippen LogP contribution in [0.5, 0.6) is 0 Å². The second-order valence-electron chi connectivity index (χ2n) is 7.76. The molecule has 5 heteroatoms. The quantitative estimate of drug-likeness (QED) is 0.912. The monoisotopic (exact) mass is 333 g/mol. The molecule has 0 aliphatic carbocycles. The molecule has 1 heterocycles. The van der Waals surface area contributed by atoms with Crippen molar-refractivity contribution in [2.75, 3.05) is 13.1 Å². The van der Waals surface area contributed by atoms with Crippen LogP contribution in [0.4, 0.5) is 4.79 Å². The summed E-state index contributed by atoms with van der Waals surface area (Å²) in [5.74, 6) is -1.27. The summed E-state index contributed by atoms with van der Waals surface area (Å²) in [4.78, 5) is 25.4. The number of aliphatic carboxylic acids is 1. The molecule has 2 rings (SSSR count). The number of likely N-dealkylation sites (tertiary alicyclic amines) is 1. The molecule has 0 unspecified atom stereocenters. The Morgan fingerprint density at radius 1 is 1.17 bits per heavy atom. The summed E-state index contributed by atoms with van der Waals surface area (Å²) < 4.78 is 5.38.